The number of nitriles is 1. The summed E-state index contributed by atoms with van der Waals surface area (Å²) in [6, 6.07) is 13.3. The van der Waals surface area contributed by atoms with Crippen LogP contribution in [-0.4, -0.2) is 49.1 Å². The quantitative estimate of drug-likeness (QED) is 0.763. The molecule has 0 aliphatic carbocycles. The summed E-state index contributed by atoms with van der Waals surface area (Å²) in [6.45, 7) is 5.60. The molecule has 1 aromatic heterocycles. The molecule has 2 fully saturated rings. The molecule has 0 bridgehead atoms. The molecule has 2 aliphatic heterocycles. The number of anilines is 1. The topological polar surface area (TPSA) is 82.6 Å². The Labute approximate surface area is 175 Å². The lowest BCUT2D eigenvalue weighted by Gasteiger charge is -2.27. The lowest BCUT2D eigenvalue weighted by Crippen LogP contribution is -2.29. The van der Waals surface area contributed by atoms with Gasteiger partial charge in [-0.25, -0.2) is 4.79 Å². The molecule has 0 saturated carbocycles. The van der Waals surface area contributed by atoms with Gasteiger partial charge in [-0.2, -0.15) is 5.26 Å². The van der Waals surface area contributed by atoms with Crippen molar-refractivity contribution >= 4 is 22.3 Å². The highest BCUT2D eigenvalue weighted by Crippen LogP contribution is 2.45. The molecule has 2 N–H and O–H groups in total. The number of nitrogens with zero attached hydrogens (tertiary/aromatic N) is 3. The van der Waals surface area contributed by atoms with Gasteiger partial charge in [-0.15, -0.1) is 11.3 Å². The lowest BCUT2D eigenvalue weighted by atomic mass is 9.90. The molecular formula is C22H26N4O2S. The Morgan fingerprint density at radius 1 is 1.31 bits per heavy atom. The zero-order valence-electron chi connectivity index (χ0n) is 16.8. The van der Waals surface area contributed by atoms with Crippen molar-refractivity contribution in [3.63, 3.8) is 0 Å². The van der Waals surface area contributed by atoms with Crippen LogP contribution in [0.4, 0.5) is 5.00 Å². The number of esters is 1. The summed E-state index contributed by atoms with van der Waals surface area (Å²) in [5.41, 5.74) is 8.53. The number of thiophene rings is 1. The van der Waals surface area contributed by atoms with Crippen molar-refractivity contribution in [3.05, 3.63) is 51.9 Å². The molecule has 2 aliphatic rings. The van der Waals surface area contributed by atoms with Gasteiger partial charge in [0.15, 0.2) is 0 Å². The molecule has 0 amide bonds. The van der Waals surface area contributed by atoms with Gasteiger partial charge in [0.1, 0.15) is 15.9 Å². The molecule has 152 valence electrons. The SMILES string of the molecule is CCOC(=O)c1sc(N)c(C#N)c1CN1C[C@@H]2CN(C)[C@@H](c3ccccc3)[C@H]2C1. The summed E-state index contributed by atoms with van der Waals surface area (Å²) in [4.78, 5) is 17.7. The second-order valence-corrected chi connectivity index (χ2v) is 8.95. The van der Waals surface area contributed by atoms with Gasteiger partial charge in [-0.1, -0.05) is 30.3 Å². The highest BCUT2D eigenvalue weighted by Gasteiger charge is 2.46. The van der Waals surface area contributed by atoms with E-state index in [4.69, 9.17) is 10.5 Å². The number of hydrogen-bond donors (Lipinski definition) is 1. The van der Waals surface area contributed by atoms with Gasteiger partial charge in [-0.05, 0) is 31.4 Å². The highest BCUT2D eigenvalue weighted by molar-refractivity contribution is 7.18. The number of nitrogens with two attached hydrogens (primary N) is 1. The number of hydrogen-bond acceptors (Lipinski definition) is 7. The van der Waals surface area contributed by atoms with Gasteiger partial charge in [0, 0.05) is 37.8 Å². The van der Waals surface area contributed by atoms with Crippen molar-refractivity contribution < 1.29 is 9.53 Å². The molecule has 0 spiro atoms. The van der Waals surface area contributed by atoms with E-state index in [1.54, 1.807) is 6.92 Å². The monoisotopic (exact) mass is 410 g/mol. The van der Waals surface area contributed by atoms with Gasteiger partial charge < -0.3 is 10.5 Å². The fourth-order valence-corrected chi connectivity index (χ4v) is 5.90. The van der Waals surface area contributed by atoms with Gasteiger partial charge >= 0.3 is 5.97 Å². The van der Waals surface area contributed by atoms with E-state index in [1.165, 1.54) is 5.56 Å². The molecule has 2 saturated heterocycles. The Balaban J connectivity index is 1.56. The van der Waals surface area contributed by atoms with Crippen LogP contribution >= 0.6 is 11.3 Å². The van der Waals surface area contributed by atoms with Crippen molar-refractivity contribution in [2.24, 2.45) is 11.8 Å². The standard InChI is InChI=1S/C22H26N4O2S/c1-3-28-22(27)20-18(16(9-23)21(24)29-20)13-26-11-15-10-25(2)19(17(15)12-26)14-7-5-4-6-8-14/h4-8,15,17,19H,3,10-13,24H2,1-2H3/t15-,17-,19-/m0/s1. The van der Waals surface area contributed by atoms with Crippen molar-refractivity contribution in [1.82, 2.24) is 9.80 Å². The van der Waals surface area contributed by atoms with E-state index in [-0.39, 0.29) is 5.97 Å². The smallest absolute Gasteiger partial charge is 0.348 e. The number of carbonyl (C=O) groups excluding carboxylic acids is 1. The van der Waals surface area contributed by atoms with E-state index >= 15 is 0 Å². The fourth-order valence-electron chi connectivity index (χ4n) is 4.97. The lowest BCUT2D eigenvalue weighted by molar-refractivity contribution is 0.0530. The van der Waals surface area contributed by atoms with Gasteiger partial charge in [0.05, 0.1) is 12.2 Å². The molecule has 0 radical (unpaired) electrons. The molecule has 0 unspecified atom stereocenters. The average Bonchev–Trinajstić information content (AvgIpc) is 3.32. The van der Waals surface area contributed by atoms with Crippen LogP contribution in [0.2, 0.25) is 0 Å². The molecule has 2 aromatic rings. The Morgan fingerprint density at radius 2 is 2.07 bits per heavy atom. The fraction of sp³-hybridized carbons (Fsp3) is 0.455. The molecule has 1 aromatic carbocycles. The number of carbonyl (C=O) groups is 1. The third-order valence-electron chi connectivity index (χ3n) is 6.10. The minimum absolute atomic E-state index is 0.302. The van der Waals surface area contributed by atoms with Crippen molar-refractivity contribution in [1.29, 1.82) is 5.26 Å². The largest absolute Gasteiger partial charge is 0.462 e. The maximum absolute atomic E-state index is 12.4. The van der Waals surface area contributed by atoms with Crippen molar-refractivity contribution in [2.45, 2.75) is 19.5 Å². The minimum atomic E-state index is -0.387. The first kappa shape index (κ1) is 19.9. The van der Waals surface area contributed by atoms with E-state index < -0.39 is 0 Å². The van der Waals surface area contributed by atoms with Crippen LogP contribution in [0.5, 0.6) is 0 Å². The first-order chi connectivity index (χ1) is 14.0. The molecule has 4 rings (SSSR count). The number of nitrogen functional groups attached to an aromatic ring is 1. The van der Waals surface area contributed by atoms with Crippen LogP contribution in [0.1, 0.15) is 39.3 Å². The Kier molecular flexibility index (Phi) is 5.59. The van der Waals surface area contributed by atoms with Crippen molar-refractivity contribution in [2.75, 3.05) is 39.0 Å². The normalized spacial score (nSPS) is 24.4. The molecule has 7 heteroatoms. The van der Waals surface area contributed by atoms with Crippen LogP contribution in [0.3, 0.4) is 0 Å². The summed E-state index contributed by atoms with van der Waals surface area (Å²) in [5, 5.41) is 9.98. The maximum atomic E-state index is 12.4. The molecule has 29 heavy (non-hydrogen) atoms. The number of ether oxygens (including phenoxy) is 1. The van der Waals surface area contributed by atoms with E-state index in [0.29, 0.717) is 46.5 Å². The van der Waals surface area contributed by atoms with Gasteiger partial charge in [0.25, 0.3) is 0 Å². The van der Waals surface area contributed by atoms with Crippen LogP contribution in [0, 0.1) is 23.2 Å². The molecule has 3 heterocycles. The number of rotatable bonds is 5. The average molecular weight is 411 g/mol. The highest BCUT2D eigenvalue weighted by atomic mass is 32.1. The Hall–Kier alpha value is -2.40. The van der Waals surface area contributed by atoms with Crippen LogP contribution in [-0.2, 0) is 11.3 Å². The van der Waals surface area contributed by atoms with E-state index in [9.17, 15) is 10.1 Å². The summed E-state index contributed by atoms with van der Waals surface area (Å²) < 4.78 is 5.19. The predicted molar refractivity (Wildman–Crippen MR) is 113 cm³/mol. The second-order valence-electron chi connectivity index (χ2n) is 7.89. The van der Waals surface area contributed by atoms with Crippen molar-refractivity contribution in [3.8, 4) is 6.07 Å². The third kappa shape index (κ3) is 3.64. The molecular weight excluding hydrogens is 384 g/mol. The summed E-state index contributed by atoms with van der Waals surface area (Å²) in [6.07, 6.45) is 0. The van der Waals surface area contributed by atoms with E-state index in [0.717, 1.165) is 36.5 Å². The first-order valence-corrected chi connectivity index (χ1v) is 10.8. The zero-order chi connectivity index (χ0) is 20.5. The first-order valence-electron chi connectivity index (χ1n) is 9.99. The number of benzene rings is 1. The zero-order valence-corrected chi connectivity index (χ0v) is 17.6. The van der Waals surface area contributed by atoms with Gasteiger partial charge in [0.2, 0.25) is 0 Å². The third-order valence-corrected chi connectivity index (χ3v) is 7.14. The Morgan fingerprint density at radius 3 is 2.76 bits per heavy atom. The molecule has 3 atom stereocenters. The summed E-state index contributed by atoms with van der Waals surface area (Å²) >= 11 is 1.16. The van der Waals surface area contributed by atoms with E-state index in [1.807, 2.05) is 0 Å². The molecule has 6 nitrogen and oxygen atoms in total. The Bertz CT molecular complexity index is 936. The summed E-state index contributed by atoms with van der Waals surface area (Å²) in [7, 11) is 2.20. The van der Waals surface area contributed by atoms with Gasteiger partial charge in [-0.3, -0.25) is 9.80 Å². The maximum Gasteiger partial charge on any atom is 0.348 e. The number of fused-ring (bicyclic) bond motifs is 1. The van der Waals surface area contributed by atoms with Crippen LogP contribution in [0.25, 0.3) is 0 Å². The van der Waals surface area contributed by atoms with E-state index in [2.05, 4.69) is 53.2 Å². The van der Waals surface area contributed by atoms with Crippen LogP contribution in [0.15, 0.2) is 30.3 Å². The second kappa shape index (κ2) is 8.15. The predicted octanol–water partition coefficient (Wildman–Crippen LogP) is 3.11. The minimum Gasteiger partial charge on any atom is -0.462 e. The summed E-state index contributed by atoms with van der Waals surface area (Å²) in [5.74, 6) is 0.731. The number of likely N-dealkylation sites (tertiary alicyclic amines) is 2. The van der Waals surface area contributed by atoms with Crippen LogP contribution < -0.4 is 5.73 Å².